The summed E-state index contributed by atoms with van der Waals surface area (Å²) in [6.45, 7) is 3.51. The predicted molar refractivity (Wildman–Crippen MR) is 88.7 cm³/mol. The largest absolute Gasteiger partial charge is 0.331 e. The summed E-state index contributed by atoms with van der Waals surface area (Å²) >= 11 is 0. The van der Waals surface area contributed by atoms with E-state index in [-0.39, 0.29) is 11.7 Å². The fourth-order valence-corrected chi connectivity index (χ4v) is 2.31. The first kappa shape index (κ1) is 16.5. The van der Waals surface area contributed by atoms with Gasteiger partial charge in [0, 0.05) is 18.1 Å². The number of rotatable bonds is 4. The van der Waals surface area contributed by atoms with Crippen LogP contribution in [-0.2, 0) is 0 Å². The number of carbonyl (C=O) groups is 1. The van der Waals surface area contributed by atoms with Crippen LogP contribution in [0.4, 0.5) is 14.9 Å². The number of nitrogens with zero attached hydrogens (tertiary/aromatic N) is 5. The summed E-state index contributed by atoms with van der Waals surface area (Å²) in [4.78, 5) is 16.1. The molecule has 3 rings (SSSR count). The molecule has 0 unspecified atom stereocenters. The molecule has 9 heteroatoms. The second kappa shape index (κ2) is 7.04. The number of pyridine rings is 1. The number of benzene rings is 1. The van der Waals surface area contributed by atoms with Crippen LogP contribution in [-0.4, -0.2) is 31.2 Å². The highest BCUT2D eigenvalue weighted by Gasteiger charge is 2.13. The molecule has 0 radical (unpaired) electrons. The minimum Gasteiger partial charge on any atom is -0.331 e. The number of hydrogen-bond acceptors (Lipinski definition) is 5. The van der Waals surface area contributed by atoms with Gasteiger partial charge in [-0.1, -0.05) is 0 Å². The lowest BCUT2D eigenvalue weighted by atomic mass is 10.1. The first-order valence-corrected chi connectivity index (χ1v) is 7.57. The Hall–Kier alpha value is -3.36. The van der Waals surface area contributed by atoms with E-state index in [2.05, 4.69) is 31.1 Å². The van der Waals surface area contributed by atoms with Crippen molar-refractivity contribution in [1.82, 2.24) is 30.5 Å². The van der Waals surface area contributed by atoms with Crippen molar-refractivity contribution in [3.05, 3.63) is 59.9 Å². The third-order valence-electron chi connectivity index (χ3n) is 3.61. The van der Waals surface area contributed by atoms with Crippen LogP contribution in [0.3, 0.4) is 0 Å². The number of aryl methyl sites for hydroxylation is 1. The van der Waals surface area contributed by atoms with Crippen LogP contribution in [0.5, 0.6) is 0 Å². The number of tetrazole rings is 1. The topological polar surface area (TPSA) is 97.6 Å². The zero-order chi connectivity index (χ0) is 17.8. The third-order valence-corrected chi connectivity index (χ3v) is 3.61. The van der Waals surface area contributed by atoms with Crippen LogP contribution in [0.2, 0.25) is 0 Å². The molecule has 128 valence electrons. The van der Waals surface area contributed by atoms with Gasteiger partial charge in [0.1, 0.15) is 11.5 Å². The standard InChI is InChI=1S/C16H16FN7O/c1-10(12-5-7-18-8-6-12)19-16(25)20-13-3-4-14(17)15(9-13)24-11(2)21-22-23-24/h3-10H,1-2H3,(H2,19,20,25)/t10-/m1/s1. The van der Waals surface area contributed by atoms with Crippen molar-refractivity contribution in [3.8, 4) is 5.69 Å². The molecule has 0 saturated carbocycles. The van der Waals surface area contributed by atoms with Crippen LogP contribution in [0.1, 0.15) is 24.4 Å². The Morgan fingerprint density at radius 1 is 1.24 bits per heavy atom. The Bertz CT molecular complexity index is 881. The Kier molecular flexibility index (Phi) is 4.64. The first-order valence-electron chi connectivity index (χ1n) is 7.57. The van der Waals surface area contributed by atoms with Gasteiger partial charge in [0.05, 0.1) is 6.04 Å². The van der Waals surface area contributed by atoms with Gasteiger partial charge in [-0.25, -0.2) is 9.18 Å². The SMILES string of the molecule is Cc1nnnn1-c1cc(NC(=O)N[C@H](C)c2ccncc2)ccc1F. The van der Waals surface area contributed by atoms with Crippen LogP contribution >= 0.6 is 0 Å². The summed E-state index contributed by atoms with van der Waals surface area (Å²) in [5.74, 6) is -0.0571. The maximum Gasteiger partial charge on any atom is 0.319 e. The minimum absolute atomic E-state index is 0.155. The van der Waals surface area contributed by atoms with Gasteiger partial charge in [0.15, 0.2) is 5.82 Å². The number of hydrogen-bond donors (Lipinski definition) is 2. The average Bonchev–Trinajstić information content (AvgIpc) is 3.03. The van der Waals surface area contributed by atoms with E-state index in [1.54, 1.807) is 19.3 Å². The minimum atomic E-state index is -0.494. The lowest BCUT2D eigenvalue weighted by Crippen LogP contribution is -2.31. The van der Waals surface area contributed by atoms with Crippen molar-refractivity contribution < 1.29 is 9.18 Å². The first-order chi connectivity index (χ1) is 12.0. The van der Waals surface area contributed by atoms with Crippen molar-refractivity contribution in [2.24, 2.45) is 0 Å². The van der Waals surface area contributed by atoms with Crippen molar-refractivity contribution in [2.45, 2.75) is 19.9 Å². The fraction of sp³-hybridized carbons (Fsp3) is 0.188. The van der Waals surface area contributed by atoms with E-state index in [0.717, 1.165) is 5.56 Å². The van der Waals surface area contributed by atoms with Gasteiger partial charge in [-0.15, -0.1) is 5.10 Å². The fourth-order valence-electron chi connectivity index (χ4n) is 2.31. The normalized spacial score (nSPS) is 11.8. The van der Waals surface area contributed by atoms with Crippen molar-refractivity contribution >= 4 is 11.7 Å². The van der Waals surface area contributed by atoms with Crippen LogP contribution < -0.4 is 10.6 Å². The number of anilines is 1. The number of amides is 2. The zero-order valence-corrected chi connectivity index (χ0v) is 13.6. The van der Waals surface area contributed by atoms with Gasteiger partial charge < -0.3 is 10.6 Å². The molecule has 0 spiro atoms. The highest BCUT2D eigenvalue weighted by Crippen LogP contribution is 2.19. The zero-order valence-electron chi connectivity index (χ0n) is 13.6. The maximum absolute atomic E-state index is 14.0. The molecule has 0 aliphatic rings. The summed E-state index contributed by atoms with van der Waals surface area (Å²) in [5, 5.41) is 16.4. The van der Waals surface area contributed by atoms with Gasteiger partial charge in [0.25, 0.3) is 0 Å². The quantitative estimate of drug-likeness (QED) is 0.759. The number of urea groups is 1. The molecule has 2 N–H and O–H groups in total. The molecular formula is C16H16FN7O. The van der Waals surface area contributed by atoms with Gasteiger partial charge in [-0.3, -0.25) is 4.98 Å². The van der Waals surface area contributed by atoms with Crippen molar-refractivity contribution in [3.63, 3.8) is 0 Å². The molecule has 0 fully saturated rings. The lowest BCUT2D eigenvalue weighted by Gasteiger charge is -2.15. The molecule has 1 atom stereocenters. The van der Waals surface area contributed by atoms with Crippen LogP contribution in [0.15, 0.2) is 42.7 Å². The van der Waals surface area contributed by atoms with E-state index in [9.17, 15) is 9.18 Å². The monoisotopic (exact) mass is 341 g/mol. The van der Waals surface area contributed by atoms with E-state index in [1.807, 2.05) is 19.1 Å². The average molecular weight is 341 g/mol. The summed E-state index contributed by atoms with van der Waals surface area (Å²) in [5.41, 5.74) is 1.50. The predicted octanol–water partition coefficient (Wildman–Crippen LogP) is 2.39. The number of aromatic nitrogens is 5. The molecule has 1 aromatic carbocycles. The third kappa shape index (κ3) is 3.77. The molecule has 3 aromatic rings. The van der Waals surface area contributed by atoms with Gasteiger partial charge in [-0.05, 0) is 60.2 Å². The van der Waals surface area contributed by atoms with E-state index in [0.29, 0.717) is 11.5 Å². The molecule has 2 heterocycles. The molecule has 0 bridgehead atoms. The van der Waals surface area contributed by atoms with Crippen molar-refractivity contribution in [1.29, 1.82) is 0 Å². The maximum atomic E-state index is 14.0. The summed E-state index contributed by atoms with van der Waals surface area (Å²) in [6, 6.07) is 7.21. The second-order valence-corrected chi connectivity index (χ2v) is 5.40. The number of halogens is 1. The van der Waals surface area contributed by atoms with Gasteiger partial charge >= 0.3 is 6.03 Å². The molecular weight excluding hydrogens is 325 g/mol. The van der Waals surface area contributed by atoms with Crippen LogP contribution in [0.25, 0.3) is 5.69 Å². The lowest BCUT2D eigenvalue weighted by molar-refractivity contribution is 0.249. The van der Waals surface area contributed by atoms with Gasteiger partial charge in [0.2, 0.25) is 0 Å². The summed E-state index contributed by atoms with van der Waals surface area (Å²) < 4.78 is 15.3. The Morgan fingerprint density at radius 3 is 2.68 bits per heavy atom. The molecule has 2 amide bonds. The Morgan fingerprint density at radius 2 is 2.00 bits per heavy atom. The Balaban J connectivity index is 1.73. The Labute approximate surface area is 143 Å². The van der Waals surface area contributed by atoms with E-state index >= 15 is 0 Å². The van der Waals surface area contributed by atoms with E-state index in [4.69, 9.17) is 0 Å². The molecule has 0 aliphatic carbocycles. The molecule has 0 saturated heterocycles. The smallest absolute Gasteiger partial charge is 0.319 e. The highest BCUT2D eigenvalue weighted by atomic mass is 19.1. The molecule has 8 nitrogen and oxygen atoms in total. The summed E-state index contributed by atoms with van der Waals surface area (Å²) in [6.07, 6.45) is 3.32. The number of nitrogens with one attached hydrogen (secondary N) is 2. The second-order valence-electron chi connectivity index (χ2n) is 5.40. The number of carbonyl (C=O) groups excluding carboxylic acids is 1. The molecule has 25 heavy (non-hydrogen) atoms. The van der Waals surface area contributed by atoms with E-state index < -0.39 is 11.8 Å². The van der Waals surface area contributed by atoms with Crippen LogP contribution in [0, 0.1) is 12.7 Å². The molecule has 2 aromatic heterocycles. The van der Waals surface area contributed by atoms with Crippen molar-refractivity contribution in [2.75, 3.05) is 5.32 Å². The van der Waals surface area contributed by atoms with E-state index in [1.165, 1.54) is 22.9 Å². The highest BCUT2D eigenvalue weighted by molar-refractivity contribution is 5.89. The summed E-state index contributed by atoms with van der Waals surface area (Å²) in [7, 11) is 0. The van der Waals surface area contributed by atoms with Gasteiger partial charge in [-0.2, -0.15) is 4.68 Å². The molecule has 0 aliphatic heterocycles.